The quantitative estimate of drug-likeness (QED) is 0.290. The molecule has 156 valence electrons. The molecule has 0 saturated heterocycles. The van der Waals surface area contributed by atoms with Gasteiger partial charge in [0.25, 0.3) is 0 Å². The number of hydrogen-bond donors (Lipinski definition) is 3. The van der Waals surface area contributed by atoms with E-state index < -0.39 is 18.0 Å². The van der Waals surface area contributed by atoms with Gasteiger partial charge in [0.2, 0.25) is 0 Å². The van der Waals surface area contributed by atoms with E-state index in [1.165, 1.54) is 0 Å². The molecule has 28 heavy (non-hydrogen) atoms. The summed E-state index contributed by atoms with van der Waals surface area (Å²) in [6, 6.07) is 7.00. The van der Waals surface area contributed by atoms with Crippen molar-refractivity contribution < 1.29 is 23.0 Å². The Morgan fingerprint density at radius 1 is 1.29 bits per heavy atom. The van der Waals surface area contributed by atoms with Gasteiger partial charge in [-0.25, -0.2) is 9.98 Å². The van der Waals surface area contributed by atoms with E-state index in [1.54, 1.807) is 31.4 Å². The van der Waals surface area contributed by atoms with E-state index in [9.17, 15) is 18.3 Å². The molecule has 0 aliphatic rings. The van der Waals surface area contributed by atoms with Crippen molar-refractivity contribution in [1.29, 1.82) is 0 Å². The average molecular weight is 530 g/mol. The maximum Gasteiger partial charge on any atom is 0.434 e. The number of benzene rings is 1. The van der Waals surface area contributed by atoms with Crippen LogP contribution in [0, 0.1) is 0 Å². The topological polar surface area (TPSA) is 78.8 Å². The van der Waals surface area contributed by atoms with Crippen molar-refractivity contribution in [2.75, 3.05) is 20.2 Å². The molecule has 0 aliphatic heterocycles. The molecular formula is C17H22F3IN4O2S. The van der Waals surface area contributed by atoms with Crippen molar-refractivity contribution in [3.8, 4) is 5.75 Å². The molecule has 11 heteroatoms. The zero-order valence-electron chi connectivity index (χ0n) is 15.3. The van der Waals surface area contributed by atoms with Crippen molar-refractivity contribution in [2.24, 2.45) is 4.99 Å². The molecule has 1 aromatic heterocycles. The fraction of sp³-hybridized carbons (Fsp3) is 0.412. The molecule has 0 radical (unpaired) electrons. The number of methoxy groups -OCH3 is 1. The molecule has 1 atom stereocenters. The smallest absolute Gasteiger partial charge is 0.434 e. The van der Waals surface area contributed by atoms with Gasteiger partial charge in [0.05, 0.1) is 19.8 Å². The third-order valence-corrected chi connectivity index (χ3v) is 4.36. The number of aliphatic hydroxyl groups is 1. The van der Waals surface area contributed by atoms with Gasteiger partial charge in [0, 0.05) is 18.5 Å². The third kappa shape index (κ3) is 7.43. The SMILES string of the molecule is CCNC(=NCc1nc(C(F)(F)F)cs1)NCC(O)c1ccc(OC)cc1.I. The van der Waals surface area contributed by atoms with E-state index in [0.717, 1.165) is 16.7 Å². The molecule has 0 bridgehead atoms. The number of nitrogens with zero attached hydrogens (tertiary/aromatic N) is 2. The van der Waals surface area contributed by atoms with Crippen LogP contribution in [-0.2, 0) is 12.7 Å². The van der Waals surface area contributed by atoms with Crippen LogP contribution in [0.25, 0.3) is 0 Å². The highest BCUT2D eigenvalue weighted by molar-refractivity contribution is 14.0. The lowest BCUT2D eigenvalue weighted by atomic mass is 10.1. The first-order valence-electron chi connectivity index (χ1n) is 8.19. The number of rotatable bonds is 7. The van der Waals surface area contributed by atoms with E-state index in [2.05, 4.69) is 20.6 Å². The molecule has 2 aromatic rings. The van der Waals surface area contributed by atoms with Crippen LogP contribution < -0.4 is 15.4 Å². The Balaban J connectivity index is 0.00000392. The van der Waals surface area contributed by atoms with Gasteiger partial charge in [-0.2, -0.15) is 13.2 Å². The van der Waals surface area contributed by atoms with Crippen molar-refractivity contribution >= 4 is 41.3 Å². The summed E-state index contributed by atoms with van der Waals surface area (Å²) in [5, 5.41) is 17.4. The molecule has 1 heterocycles. The number of alkyl halides is 3. The number of halogens is 4. The minimum atomic E-state index is -4.45. The van der Waals surface area contributed by atoms with Gasteiger partial charge >= 0.3 is 6.18 Å². The van der Waals surface area contributed by atoms with E-state index in [0.29, 0.717) is 23.8 Å². The largest absolute Gasteiger partial charge is 0.497 e. The molecule has 1 unspecified atom stereocenters. The highest BCUT2D eigenvalue weighted by Gasteiger charge is 2.33. The summed E-state index contributed by atoms with van der Waals surface area (Å²) in [4.78, 5) is 7.76. The summed E-state index contributed by atoms with van der Waals surface area (Å²) in [7, 11) is 1.56. The van der Waals surface area contributed by atoms with Gasteiger partial charge in [0.1, 0.15) is 10.8 Å². The van der Waals surface area contributed by atoms with Gasteiger partial charge in [0.15, 0.2) is 11.7 Å². The van der Waals surface area contributed by atoms with Crippen LogP contribution in [0.5, 0.6) is 5.75 Å². The first kappa shape index (κ1) is 24.4. The fourth-order valence-corrected chi connectivity index (χ4v) is 2.86. The molecule has 0 saturated carbocycles. The molecule has 0 aliphatic carbocycles. The summed E-state index contributed by atoms with van der Waals surface area (Å²) in [6.07, 6.45) is -5.24. The van der Waals surface area contributed by atoms with Crippen LogP contribution in [0.1, 0.15) is 29.3 Å². The molecule has 0 amide bonds. The number of aromatic nitrogens is 1. The molecule has 3 N–H and O–H groups in total. The summed E-state index contributed by atoms with van der Waals surface area (Å²) < 4.78 is 42.8. The zero-order chi connectivity index (χ0) is 19.9. The monoisotopic (exact) mass is 530 g/mol. The van der Waals surface area contributed by atoms with Gasteiger partial charge in [-0.15, -0.1) is 35.3 Å². The van der Waals surface area contributed by atoms with Gasteiger partial charge in [-0.05, 0) is 24.6 Å². The number of aliphatic imine (C=N–C) groups is 1. The second kappa shape index (κ2) is 11.4. The van der Waals surface area contributed by atoms with Gasteiger partial charge < -0.3 is 20.5 Å². The van der Waals surface area contributed by atoms with Crippen molar-refractivity contribution in [2.45, 2.75) is 25.7 Å². The predicted molar refractivity (Wildman–Crippen MR) is 113 cm³/mol. The predicted octanol–water partition coefficient (Wildman–Crippen LogP) is 3.58. The van der Waals surface area contributed by atoms with Crippen LogP contribution in [0.4, 0.5) is 13.2 Å². The van der Waals surface area contributed by atoms with Crippen molar-refractivity contribution in [1.82, 2.24) is 15.6 Å². The van der Waals surface area contributed by atoms with Crippen LogP contribution in [-0.4, -0.2) is 36.2 Å². The van der Waals surface area contributed by atoms with Crippen LogP contribution in [0.15, 0.2) is 34.6 Å². The average Bonchev–Trinajstić information content (AvgIpc) is 3.13. The highest BCUT2D eigenvalue weighted by atomic mass is 127. The van der Waals surface area contributed by atoms with Crippen LogP contribution >= 0.6 is 35.3 Å². The number of nitrogens with one attached hydrogen (secondary N) is 2. The number of hydrogen-bond acceptors (Lipinski definition) is 5. The zero-order valence-corrected chi connectivity index (χ0v) is 18.4. The lowest BCUT2D eigenvalue weighted by Gasteiger charge is -2.15. The van der Waals surface area contributed by atoms with Crippen LogP contribution in [0.2, 0.25) is 0 Å². The number of thiazole rings is 1. The van der Waals surface area contributed by atoms with E-state index in [4.69, 9.17) is 4.74 Å². The van der Waals surface area contributed by atoms with Crippen LogP contribution in [0.3, 0.4) is 0 Å². The third-order valence-electron chi connectivity index (χ3n) is 3.52. The van der Waals surface area contributed by atoms with Gasteiger partial charge in [-0.1, -0.05) is 12.1 Å². The summed E-state index contributed by atoms with van der Waals surface area (Å²) in [5.41, 5.74) is -0.209. The van der Waals surface area contributed by atoms with E-state index in [-0.39, 0.29) is 42.1 Å². The molecule has 2 rings (SSSR count). The minimum Gasteiger partial charge on any atom is -0.497 e. The Morgan fingerprint density at radius 3 is 2.50 bits per heavy atom. The molecule has 6 nitrogen and oxygen atoms in total. The maximum atomic E-state index is 12.6. The van der Waals surface area contributed by atoms with E-state index in [1.807, 2.05) is 6.92 Å². The normalized spacial score (nSPS) is 12.9. The Hall–Kier alpha value is -1.60. The summed E-state index contributed by atoms with van der Waals surface area (Å²) in [6.45, 7) is 2.62. The standard InChI is InChI=1S/C17H21F3N4O2S.HI/c1-3-21-16(23-9-15-24-14(10-27-15)17(18,19)20)22-8-13(25)11-4-6-12(26-2)7-5-11;/h4-7,10,13,25H,3,8-9H2,1-2H3,(H2,21,22,23);1H. The second-order valence-corrected chi connectivity index (χ2v) is 6.43. The van der Waals surface area contributed by atoms with E-state index >= 15 is 0 Å². The fourth-order valence-electron chi connectivity index (χ4n) is 2.14. The molecular weight excluding hydrogens is 508 g/mol. The summed E-state index contributed by atoms with van der Waals surface area (Å²) >= 11 is 0.906. The minimum absolute atomic E-state index is 0. The Bertz CT molecular complexity index is 754. The Kier molecular flexibility index (Phi) is 9.96. The number of guanidine groups is 1. The van der Waals surface area contributed by atoms with Gasteiger partial charge in [-0.3, -0.25) is 0 Å². The first-order chi connectivity index (χ1) is 12.8. The molecule has 0 fully saturated rings. The maximum absolute atomic E-state index is 12.6. The highest BCUT2D eigenvalue weighted by Crippen LogP contribution is 2.30. The lowest BCUT2D eigenvalue weighted by Crippen LogP contribution is -2.39. The Morgan fingerprint density at radius 2 is 1.96 bits per heavy atom. The summed E-state index contributed by atoms with van der Waals surface area (Å²) in [5.74, 6) is 1.07. The Labute approximate surface area is 182 Å². The first-order valence-corrected chi connectivity index (χ1v) is 9.07. The van der Waals surface area contributed by atoms with Crippen molar-refractivity contribution in [3.05, 3.63) is 45.9 Å². The molecule has 0 spiro atoms. The number of aliphatic hydroxyl groups excluding tert-OH is 1. The molecule has 1 aromatic carbocycles. The second-order valence-electron chi connectivity index (χ2n) is 5.49. The lowest BCUT2D eigenvalue weighted by molar-refractivity contribution is -0.140. The van der Waals surface area contributed by atoms with Crippen molar-refractivity contribution in [3.63, 3.8) is 0 Å². The number of ether oxygens (including phenoxy) is 1.